The highest BCUT2D eigenvalue weighted by atomic mass is 15.2. The Morgan fingerprint density at radius 3 is 2.44 bits per heavy atom. The van der Waals surface area contributed by atoms with Gasteiger partial charge < -0.3 is 5.32 Å². The van der Waals surface area contributed by atoms with Crippen molar-refractivity contribution < 1.29 is 0 Å². The highest BCUT2D eigenvalue weighted by Crippen LogP contribution is 2.18. The molecule has 90 valence electrons. The van der Waals surface area contributed by atoms with Gasteiger partial charge in [0.2, 0.25) is 0 Å². The van der Waals surface area contributed by atoms with Gasteiger partial charge in [0.15, 0.2) is 0 Å². The average molecular weight is 222 g/mol. The highest BCUT2D eigenvalue weighted by Gasteiger charge is 2.21. The number of hydrogen-bond acceptors (Lipinski definition) is 4. The van der Waals surface area contributed by atoms with Crippen LogP contribution in [0.15, 0.2) is 12.4 Å². The van der Waals surface area contributed by atoms with Crippen LogP contribution in [0.3, 0.4) is 0 Å². The standard InChI is InChI=1S/C12H22N4/c1-6-12(2,3)16(5)9-10-7-15-11(13-4)8-14-10/h7-8H,6,9H2,1-5H3,(H,13,15). The molecule has 1 N–H and O–H groups in total. The molecule has 0 saturated heterocycles. The Morgan fingerprint density at radius 2 is 2.00 bits per heavy atom. The fraction of sp³-hybridized carbons (Fsp3) is 0.667. The van der Waals surface area contributed by atoms with Crippen molar-refractivity contribution in [2.75, 3.05) is 19.4 Å². The maximum Gasteiger partial charge on any atom is 0.144 e. The highest BCUT2D eigenvalue weighted by molar-refractivity contribution is 5.29. The molecule has 4 nitrogen and oxygen atoms in total. The first-order valence-electron chi connectivity index (χ1n) is 5.69. The molecule has 0 saturated carbocycles. The summed E-state index contributed by atoms with van der Waals surface area (Å²) in [6.45, 7) is 7.51. The fourth-order valence-electron chi connectivity index (χ4n) is 1.29. The minimum atomic E-state index is 0.198. The lowest BCUT2D eigenvalue weighted by atomic mass is 10.00. The molecule has 0 radical (unpaired) electrons. The van der Waals surface area contributed by atoms with Gasteiger partial charge in [-0.15, -0.1) is 0 Å². The fourth-order valence-corrected chi connectivity index (χ4v) is 1.29. The Kier molecular flexibility index (Phi) is 4.24. The zero-order valence-electron chi connectivity index (χ0n) is 10.9. The van der Waals surface area contributed by atoms with Crippen molar-refractivity contribution in [3.63, 3.8) is 0 Å². The normalized spacial score (nSPS) is 11.9. The number of hydrogen-bond donors (Lipinski definition) is 1. The van der Waals surface area contributed by atoms with E-state index < -0.39 is 0 Å². The Hall–Kier alpha value is -1.16. The van der Waals surface area contributed by atoms with Crippen LogP contribution in [-0.4, -0.2) is 34.5 Å². The SMILES string of the molecule is CCC(C)(C)N(C)Cc1cnc(NC)cn1. The van der Waals surface area contributed by atoms with Crippen LogP contribution in [-0.2, 0) is 6.54 Å². The first kappa shape index (κ1) is 12.9. The molecule has 0 fully saturated rings. The maximum atomic E-state index is 4.37. The number of rotatable bonds is 5. The zero-order chi connectivity index (χ0) is 12.2. The summed E-state index contributed by atoms with van der Waals surface area (Å²) in [7, 11) is 3.97. The van der Waals surface area contributed by atoms with E-state index in [0.29, 0.717) is 0 Å². The van der Waals surface area contributed by atoms with E-state index in [1.54, 1.807) is 6.20 Å². The van der Waals surface area contributed by atoms with Crippen molar-refractivity contribution in [3.8, 4) is 0 Å². The molecule has 0 aliphatic heterocycles. The topological polar surface area (TPSA) is 41.1 Å². The minimum Gasteiger partial charge on any atom is -0.372 e. The van der Waals surface area contributed by atoms with E-state index in [1.807, 2.05) is 13.2 Å². The molecular formula is C12H22N4. The van der Waals surface area contributed by atoms with Crippen molar-refractivity contribution in [1.29, 1.82) is 0 Å². The summed E-state index contributed by atoms with van der Waals surface area (Å²) in [5.74, 6) is 0.807. The van der Waals surface area contributed by atoms with Crippen molar-refractivity contribution in [2.45, 2.75) is 39.3 Å². The quantitative estimate of drug-likeness (QED) is 0.828. The van der Waals surface area contributed by atoms with Crippen LogP contribution < -0.4 is 5.32 Å². The Balaban J connectivity index is 2.66. The van der Waals surface area contributed by atoms with Crippen LogP contribution >= 0.6 is 0 Å². The van der Waals surface area contributed by atoms with Gasteiger partial charge in [0.1, 0.15) is 5.82 Å². The summed E-state index contributed by atoms with van der Waals surface area (Å²) >= 11 is 0. The first-order valence-corrected chi connectivity index (χ1v) is 5.69. The van der Waals surface area contributed by atoms with Crippen molar-refractivity contribution in [1.82, 2.24) is 14.9 Å². The number of nitrogens with zero attached hydrogens (tertiary/aromatic N) is 3. The third-order valence-corrected chi connectivity index (χ3v) is 3.26. The van der Waals surface area contributed by atoms with Gasteiger partial charge in [0.25, 0.3) is 0 Å². The van der Waals surface area contributed by atoms with Crippen LogP contribution in [0, 0.1) is 0 Å². The van der Waals surface area contributed by atoms with E-state index >= 15 is 0 Å². The van der Waals surface area contributed by atoms with Gasteiger partial charge in [-0.05, 0) is 27.3 Å². The molecule has 1 aromatic heterocycles. The molecule has 0 aliphatic carbocycles. The summed E-state index contributed by atoms with van der Waals surface area (Å²) in [5.41, 5.74) is 1.20. The second kappa shape index (κ2) is 5.25. The van der Waals surface area contributed by atoms with Crippen LogP contribution in [0.1, 0.15) is 32.9 Å². The van der Waals surface area contributed by atoms with E-state index in [1.165, 1.54) is 0 Å². The first-order chi connectivity index (χ1) is 7.49. The second-order valence-electron chi connectivity index (χ2n) is 4.67. The summed E-state index contributed by atoms with van der Waals surface area (Å²) in [6.07, 6.45) is 4.71. The lowest BCUT2D eigenvalue weighted by Crippen LogP contribution is -2.40. The van der Waals surface area contributed by atoms with Crippen LogP contribution in [0.2, 0.25) is 0 Å². The molecule has 0 atom stereocenters. The third kappa shape index (κ3) is 3.17. The van der Waals surface area contributed by atoms with Gasteiger partial charge in [0.05, 0.1) is 18.1 Å². The molecule has 4 heteroatoms. The van der Waals surface area contributed by atoms with Gasteiger partial charge in [-0.25, -0.2) is 4.98 Å². The van der Waals surface area contributed by atoms with Crippen molar-refractivity contribution in [3.05, 3.63) is 18.1 Å². The summed E-state index contributed by atoms with van der Waals surface area (Å²) in [6, 6.07) is 0. The van der Waals surface area contributed by atoms with Gasteiger partial charge in [-0.1, -0.05) is 6.92 Å². The van der Waals surface area contributed by atoms with E-state index in [4.69, 9.17) is 0 Å². The molecule has 16 heavy (non-hydrogen) atoms. The molecule has 0 bridgehead atoms. The molecular weight excluding hydrogens is 200 g/mol. The van der Waals surface area contributed by atoms with Gasteiger partial charge in [0, 0.05) is 19.1 Å². The monoisotopic (exact) mass is 222 g/mol. The van der Waals surface area contributed by atoms with Gasteiger partial charge in [-0.2, -0.15) is 0 Å². The molecule has 0 amide bonds. The third-order valence-electron chi connectivity index (χ3n) is 3.26. The van der Waals surface area contributed by atoms with E-state index in [2.05, 4.69) is 48.0 Å². The molecule has 0 aliphatic rings. The number of aromatic nitrogens is 2. The second-order valence-corrected chi connectivity index (χ2v) is 4.67. The largest absolute Gasteiger partial charge is 0.372 e. The average Bonchev–Trinajstić information content (AvgIpc) is 2.30. The van der Waals surface area contributed by atoms with Crippen LogP contribution in [0.5, 0.6) is 0 Å². The lowest BCUT2D eigenvalue weighted by molar-refractivity contribution is 0.141. The van der Waals surface area contributed by atoms with Gasteiger partial charge >= 0.3 is 0 Å². The van der Waals surface area contributed by atoms with Crippen LogP contribution in [0.25, 0.3) is 0 Å². The van der Waals surface area contributed by atoms with Crippen molar-refractivity contribution >= 4 is 5.82 Å². The Bertz CT molecular complexity index is 318. The number of anilines is 1. The molecule has 0 unspecified atom stereocenters. The van der Waals surface area contributed by atoms with E-state index in [-0.39, 0.29) is 5.54 Å². The van der Waals surface area contributed by atoms with E-state index in [0.717, 1.165) is 24.5 Å². The predicted molar refractivity (Wildman–Crippen MR) is 67.4 cm³/mol. The maximum absolute atomic E-state index is 4.37. The van der Waals surface area contributed by atoms with Gasteiger partial charge in [-0.3, -0.25) is 9.88 Å². The van der Waals surface area contributed by atoms with E-state index in [9.17, 15) is 0 Å². The minimum absolute atomic E-state index is 0.198. The Morgan fingerprint density at radius 1 is 1.31 bits per heavy atom. The smallest absolute Gasteiger partial charge is 0.144 e. The molecule has 0 aromatic carbocycles. The summed E-state index contributed by atoms with van der Waals surface area (Å²) < 4.78 is 0. The van der Waals surface area contributed by atoms with Crippen LogP contribution in [0.4, 0.5) is 5.82 Å². The lowest BCUT2D eigenvalue weighted by Gasteiger charge is -2.34. The number of nitrogens with one attached hydrogen (secondary N) is 1. The van der Waals surface area contributed by atoms with Crippen molar-refractivity contribution in [2.24, 2.45) is 0 Å². The summed E-state index contributed by atoms with van der Waals surface area (Å²) in [4.78, 5) is 10.9. The summed E-state index contributed by atoms with van der Waals surface area (Å²) in [5, 5.41) is 2.96. The molecule has 1 rings (SSSR count). The molecule has 1 heterocycles. The molecule has 1 aromatic rings. The Labute approximate surface area is 98.1 Å². The predicted octanol–water partition coefficient (Wildman–Crippen LogP) is 2.14. The zero-order valence-corrected chi connectivity index (χ0v) is 10.9. The molecule has 0 spiro atoms.